The number of thiazole rings is 1. The number of Topliss-reactive ketones (excluding diaryl/α,β-unsaturated/α-hetero) is 1. The zero-order valence-electron chi connectivity index (χ0n) is 16.2. The molecule has 0 aliphatic carbocycles. The average Bonchev–Trinajstić information content (AvgIpc) is 3.40. The maximum atomic E-state index is 13.3. The van der Waals surface area contributed by atoms with Gasteiger partial charge in [-0.1, -0.05) is 42.5 Å². The van der Waals surface area contributed by atoms with Crippen LogP contribution >= 0.6 is 11.3 Å². The minimum atomic E-state index is -0.186. The van der Waals surface area contributed by atoms with Gasteiger partial charge in [-0.3, -0.25) is 14.5 Å². The fourth-order valence-electron chi connectivity index (χ4n) is 3.18. The predicted molar refractivity (Wildman–Crippen MR) is 115 cm³/mol. The van der Waals surface area contributed by atoms with Gasteiger partial charge in [0.05, 0.1) is 23.0 Å². The Kier molecular flexibility index (Phi) is 5.27. The number of aryl methyl sites for hydroxylation is 1. The van der Waals surface area contributed by atoms with Crippen LogP contribution < -0.4 is 4.90 Å². The molecular formula is C23H20N2O3S. The van der Waals surface area contributed by atoms with Gasteiger partial charge in [-0.15, -0.1) is 0 Å². The second kappa shape index (κ2) is 8.01. The molecular weight excluding hydrogens is 384 g/mol. The number of anilines is 1. The normalized spacial score (nSPS) is 11.0. The summed E-state index contributed by atoms with van der Waals surface area (Å²) in [4.78, 5) is 31.3. The van der Waals surface area contributed by atoms with Crippen molar-refractivity contribution in [2.24, 2.45) is 0 Å². The Morgan fingerprint density at radius 1 is 1.03 bits per heavy atom. The van der Waals surface area contributed by atoms with Crippen molar-refractivity contribution >= 4 is 38.4 Å². The molecule has 0 saturated carbocycles. The van der Waals surface area contributed by atoms with Crippen molar-refractivity contribution in [2.75, 3.05) is 4.90 Å². The van der Waals surface area contributed by atoms with Crippen LogP contribution in [0.5, 0.6) is 0 Å². The number of amides is 1. The molecule has 0 atom stereocenters. The van der Waals surface area contributed by atoms with Crippen molar-refractivity contribution < 1.29 is 14.0 Å². The summed E-state index contributed by atoms with van der Waals surface area (Å²) in [5.74, 6) is 0.456. The molecule has 2 aromatic heterocycles. The number of furan rings is 1. The number of fused-ring (bicyclic) bond motifs is 1. The fourth-order valence-corrected chi connectivity index (χ4v) is 4.19. The summed E-state index contributed by atoms with van der Waals surface area (Å²) in [6.07, 6.45) is 2.46. The summed E-state index contributed by atoms with van der Waals surface area (Å²) >= 11 is 1.49. The summed E-state index contributed by atoms with van der Waals surface area (Å²) in [6, 6.07) is 16.4. The molecule has 5 nitrogen and oxygen atoms in total. The maximum Gasteiger partial charge on any atom is 0.260 e. The second-order valence-electron chi connectivity index (χ2n) is 6.72. The van der Waals surface area contributed by atoms with Gasteiger partial charge in [0.15, 0.2) is 10.9 Å². The van der Waals surface area contributed by atoms with Crippen LogP contribution in [0.1, 0.15) is 45.9 Å². The number of aromatic nitrogens is 1. The van der Waals surface area contributed by atoms with E-state index in [1.807, 2.05) is 18.2 Å². The predicted octanol–water partition coefficient (Wildman–Crippen LogP) is 5.50. The van der Waals surface area contributed by atoms with Crippen molar-refractivity contribution in [1.82, 2.24) is 4.98 Å². The molecule has 0 spiro atoms. The minimum absolute atomic E-state index is 0.0327. The van der Waals surface area contributed by atoms with Gasteiger partial charge < -0.3 is 4.42 Å². The molecule has 4 aromatic rings. The zero-order chi connectivity index (χ0) is 20.4. The monoisotopic (exact) mass is 404 g/mol. The Hall–Kier alpha value is -3.25. The van der Waals surface area contributed by atoms with Crippen molar-refractivity contribution in [3.63, 3.8) is 0 Å². The van der Waals surface area contributed by atoms with Crippen molar-refractivity contribution in [1.29, 1.82) is 0 Å². The number of hydrogen-bond acceptors (Lipinski definition) is 5. The number of carbonyl (C=O) groups excluding carboxylic acids is 2. The van der Waals surface area contributed by atoms with E-state index >= 15 is 0 Å². The molecule has 0 bridgehead atoms. The summed E-state index contributed by atoms with van der Waals surface area (Å²) in [5.41, 5.74) is 3.16. The van der Waals surface area contributed by atoms with E-state index in [1.165, 1.54) is 18.3 Å². The van der Waals surface area contributed by atoms with E-state index in [2.05, 4.69) is 13.0 Å². The number of hydrogen-bond donors (Lipinski definition) is 0. The molecule has 0 N–H and O–H groups in total. The highest BCUT2D eigenvalue weighted by atomic mass is 32.1. The van der Waals surface area contributed by atoms with Gasteiger partial charge in [0.2, 0.25) is 0 Å². The molecule has 146 valence electrons. The highest BCUT2D eigenvalue weighted by molar-refractivity contribution is 7.22. The quantitative estimate of drug-likeness (QED) is 0.398. The Morgan fingerprint density at radius 3 is 2.45 bits per heavy atom. The van der Waals surface area contributed by atoms with Crippen LogP contribution in [0.3, 0.4) is 0 Å². The van der Waals surface area contributed by atoms with E-state index in [-0.39, 0.29) is 18.2 Å². The first-order valence-electron chi connectivity index (χ1n) is 9.40. The summed E-state index contributed by atoms with van der Waals surface area (Å²) in [5, 5.41) is 0.623. The third kappa shape index (κ3) is 3.84. The highest BCUT2D eigenvalue weighted by Gasteiger charge is 2.23. The SMILES string of the molecule is CCc1cccc2sc(N(Cc3ccco3)C(=O)c3ccc(C(C)=O)cc3)nc12. The average molecular weight is 404 g/mol. The van der Waals surface area contributed by atoms with Crippen LogP contribution in [0.2, 0.25) is 0 Å². The van der Waals surface area contributed by atoms with E-state index in [0.717, 1.165) is 22.2 Å². The number of carbonyl (C=O) groups is 2. The maximum absolute atomic E-state index is 13.3. The lowest BCUT2D eigenvalue weighted by atomic mass is 10.1. The Bertz CT molecular complexity index is 1160. The lowest BCUT2D eigenvalue weighted by Crippen LogP contribution is -2.30. The number of para-hydroxylation sites is 1. The van der Waals surface area contributed by atoms with Gasteiger partial charge in [-0.05, 0) is 49.2 Å². The largest absolute Gasteiger partial charge is 0.467 e. The smallest absolute Gasteiger partial charge is 0.260 e. The third-order valence-electron chi connectivity index (χ3n) is 4.78. The third-order valence-corrected chi connectivity index (χ3v) is 5.82. The molecule has 4 rings (SSSR count). The first kappa shape index (κ1) is 19.1. The van der Waals surface area contributed by atoms with Crippen molar-refractivity contribution in [3.05, 3.63) is 83.3 Å². The van der Waals surface area contributed by atoms with Crippen LogP contribution in [0.15, 0.2) is 65.3 Å². The lowest BCUT2D eigenvalue weighted by Gasteiger charge is -2.19. The van der Waals surface area contributed by atoms with Gasteiger partial charge in [0.1, 0.15) is 5.76 Å². The van der Waals surface area contributed by atoms with Gasteiger partial charge in [-0.25, -0.2) is 4.98 Å². The second-order valence-corrected chi connectivity index (χ2v) is 7.73. The summed E-state index contributed by atoms with van der Waals surface area (Å²) in [6.45, 7) is 3.88. The van der Waals surface area contributed by atoms with Crippen LogP contribution in [-0.4, -0.2) is 16.7 Å². The zero-order valence-corrected chi connectivity index (χ0v) is 17.0. The fraction of sp³-hybridized carbons (Fsp3) is 0.174. The molecule has 0 aliphatic rings. The number of benzene rings is 2. The topological polar surface area (TPSA) is 63.4 Å². The Morgan fingerprint density at radius 2 is 1.79 bits per heavy atom. The molecule has 0 saturated heterocycles. The summed E-state index contributed by atoms with van der Waals surface area (Å²) in [7, 11) is 0. The van der Waals surface area contributed by atoms with E-state index in [4.69, 9.17) is 9.40 Å². The molecule has 0 unspecified atom stereocenters. The molecule has 2 heterocycles. The molecule has 6 heteroatoms. The number of nitrogens with zero attached hydrogens (tertiary/aromatic N) is 2. The highest BCUT2D eigenvalue weighted by Crippen LogP contribution is 2.32. The Labute approximate surface area is 172 Å². The Balaban J connectivity index is 1.75. The van der Waals surface area contributed by atoms with Crippen LogP contribution in [0, 0.1) is 0 Å². The molecule has 2 aromatic carbocycles. The van der Waals surface area contributed by atoms with Crippen LogP contribution in [0.4, 0.5) is 5.13 Å². The standard InChI is InChI=1S/C23H20N2O3S/c1-3-16-6-4-8-20-21(16)24-23(29-20)25(14-19-7-5-13-28-19)22(27)18-11-9-17(10-12-18)15(2)26/h4-13H,3,14H2,1-2H3. The van der Waals surface area contributed by atoms with Gasteiger partial charge >= 0.3 is 0 Å². The van der Waals surface area contributed by atoms with Crippen LogP contribution in [-0.2, 0) is 13.0 Å². The van der Waals surface area contributed by atoms with E-state index < -0.39 is 0 Å². The van der Waals surface area contributed by atoms with Gasteiger partial charge in [0, 0.05) is 11.1 Å². The molecule has 1 amide bonds. The van der Waals surface area contributed by atoms with Crippen molar-refractivity contribution in [3.8, 4) is 0 Å². The first-order valence-corrected chi connectivity index (χ1v) is 10.2. The lowest BCUT2D eigenvalue weighted by molar-refractivity contribution is 0.0979. The van der Waals surface area contributed by atoms with Gasteiger partial charge in [0.25, 0.3) is 5.91 Å². The van der Waals surface area contributed by atoms with E-state index in [0.29, 0.717) is 22.0 Å². The number of rotatable bonds is 6. The van der Waals surface area contributed by atoms with Gasteiger partial charge in [-0.2, -0.15) is 0 Å². The molecule has 0 radical (unpaired) electrons. The van der Waals surface area contributed by atoms with Crippen molar-refractivity contribution in [2.45, 2.75) is 26.8 Å². The number of ketones is 1. The molecule has 0 aliphatic heterocycles. The minimum Gasteiger partial charge on any atom is -0.467 e. The van der Waals surface area contributed by atoms with E-state index in [9.17, 15) is 9.59 Å². The van der Waals surface area contributed by atoms with Crippen LogP contribution in [0.25, 0.3) is 10.2 Å². The first-order chi connectivity index (χ1) is 14.1. The summed E-state index contributed by atoms with van der Waals surface area (Å²) < 4.78 is 6.52. The molecule has 29 heavy (non-hydrogen) atoms. The molecule has 0 fully saturated rings. The van der Waals surface area contributed by atoms with E-state index in [1.54, 1.807) is 41.5 Å².